The summed E-state index contributed by atoms with van der Waals surface area (Å²) in [5.41, 5.74) is 6.14. The van der Waals surface area contributed by atoms with Gasteiger partial charge in [-0.15, -0.1) is 0 Å². The molecule has 0 fully saturated rings. The van der Waals surface area contributed by atoms with Crippen LogP contribution < -0.4 is 14.9 Å². The predicted octanol–water partition coefficient (Wildman–Crippen LogP) is 4.24. The summed E-state index contributed by atoms with van der Waals surface area (Å²) in [4.78, 5) is 0. The van der Waals surface area contributed by atoms with Crippen LogP contribution in [0.5, 0.6) is 11.5 Å². The molecule has 1 N–H and O–H groups in total. The molecule has 0 radical (unpaired) electrons. The lowest BCUT2D eigenvalue weighted by molar-refractivity contribution is 0.288. The highest BCUT2D eigenvalue weighted by molar-refractivity contribution is 5.81. The number of nitrogens with zero attached hydrogens (tertiary/aromatic N) is 1. The van der Waals surface area contributed by atoms with Gasteiger partial charge in [0.15, 0.2) is 11.5 Å². The molecule has 0 aliphatic heterocycles. The zero-order chi connectivity index (χ0) is 15.8. The lowest BCUT2D eigenvalue weighted by atomic mass is 10.2. The van der Waals surface area contributed by atoms with Crippen molar-refractivity contribution in [2.45, 2.75) is 20.8 Å². The standard InChI is InChI=1S/C18H22N2O2/c1-4-21-17-11-8-15(12-18(17)22-5-2)13-19-20-16-9-6-14(3)7-10-16/h6-13,20H,4-5H2,1-3H3/b19-13+. The zero-order valence-electron chi connectivity index (χ0n) is 13.3. The summed E-state index contributed by atoms with van der Waals surface area (Å²) in [6.45, 7) is 7.18. The first kappa shape index (κ1) is 15.9. The Kier molecular flexibility index (Phi) is 5.83. The Balaban J connectivity index is 2.06. The minimum atomic E-state index is 0.599. The minimum Gasteiger partial charge on any atom is -0.490 e. The summed E-state index contributed by atoms with van der Waals surface area (Å²) in [5, 5.41) is 4.25. The monoisotopic (exact) mass is 298 g/mol. The quantitative estimate of drug-likeness (QED) is 0.614. The summed E-state index contributed by atoms with van der Waals surface area (Å²) in [6.07, 6.45) is 1.76. The summed E-state index contributed by atoms with van der Waals surface area (Å²) in [7, 11) is 0. The molecule has 0 aliphatic rings. The van der Waals surface area contributed by atoms with E-state index in [0.717, 1.165) is 22.7 Å². The molecular weight excluding hydrogens is 276 g/mol. The summed E-state index contributed by atoms with van der Waals surface area (Å²) < 4.78 is 11.1. The highest BCUT2D eigenvalue weighted by atomic mass is 16.5. The Bertz CT molecular complexity index is 621. The smallest absolute Gasteiger partial charge is 0.161 e. The Labute approximate surface area is 131 Å². The fraction of sp³-hybridized carbons (Fsp3) is 0.278. The molecule has 0 unspecified atom stereocenters. The molecule has 0 spiro atoms. The molecular formula is C18H22N2O2. The van der Waals surface area contributed by atoms with Crippen LogP contribution in [0.25, 0.3) is 0 Å². The van der Waals surface area contributed by atoms with Crippen molar-refractivity contribution in [2.75, 3.05) is 18.6 Å². The van der Waals surface area contributed by atoms with Crippen molar-refractivity contribution in [3.05, 3.63) is 53.6 Å². The Morgan fingerprint density at radius 3 is 2.32 bits per heavy atom. The van der Waals surface area contributed by atoms with E-state index < -0.39 is 0 Å². The van der Waals surface area contributed by atoms with E-state index in [0.29, 0.717) is 13.2 Å². The zero-order valence-corrected chi connectivity index (χ0v) is 13.3. The molecule has 0 aliphatic carbocycles. The van der Waals surface area contributed by atoms with Crippen molar-refractivity contribution in [3.63, 3.8) is 0 Å². The van der Waals surface area contributed by atoms with Gasteiger partial charge in [-0.05, 0) is 56.7 Å². The van der Waals surface area contributed by atoms with E-state index in [-0.39, 0.29) is 0 Å². The highest BCUT2D eigenvalue weighted by Crippen LogP contribution is 2.28. The van der Waals surface area contributed by atoms with Crippen LogP contribution >= 0.6 is 0 Å². The van der Waals surface area contributed by atoms with Crippen LogP contribution in [0.3, 0.4) is 0 Å². The average molecular weight is 298 g/mol. The molecule has 0 amide bonds. The Hall–Kier alpha value is -2.49. The first-order valence-electron chi connectivity index (χ1n) is 7.48. The van der Waals surface area contributed by atoms with Crippen LogP contribution in [-0.4, -0.2) is 19.4 Å². The van der Waals surface area contributed by atoms with Crippen LogP contribution in [0.15, 0.2) is 47.6 Å². The molecule has 2 aromatic carbocycles. The van der Waals surface area contributed by atoms with Gasteiger partial charge in [-0.25, -0.2) is 0 Å². The van der Waals surface area contributed by atoms with Crippen molar-refractivity contribution >= 4 is 11.9 Å². The third kappa shape index (κ3) is 4.52. The van der Waals surface area contributed by atoms with Gasteiger partial charge in [-0.1, -0.05) is 17.7 Å². The second-order valence-corrected chi connectivity index (χ2v) is 4.81. The number of nitrogens with one attached hydrogen (secondary N) is 1. The first-order chi connectivity index (χ1) is 10.7. The summed E-state index contributed by atoms with van der Waals surface area (Å²) in [5.74, 6) is 1.50. The van der Waals surface area contributed by atoms with Gasteiger partial charge in [0.25, 0.3) is 0 Å². The molecule has 4 nitrogen and oxygen atoms in total. The molecule has 0 heterocycles. The van der Waals surface area contributed by atoms with E-state index in [1.807, 2.05) is 56.3 Å². The Morgan fingerprint density at radius 1 is 0.955 bits per heavy atom. The van der Waals surface area contributed by atoms with E-state index in [9.17, 15) is 0 Å². The van der Waals surface area contributed by atoms with Gasteiger partial charge in [0.05, 0.1) is 25.1 Å². The maximum atomic E-state index is 5.60. The summed E-state index contributed by atoms with van der Waals surface area (Å²) in [6, 6.07) is 13.9. The van der Waals surface area contributed by atoms with E-state index in [2.05, 4.69) is 17.5 Å². The number of benzene rings is 2. The maximum absolute atomic E-state index is 5.60. The fourth-order valence-electron chi connectivity index (χ4n) is 1.96. The minimum absolute atomic E-state index is 0.599. The van der Waals surface area contributed by atoms with Crippen molar-refractivity contribution in [1.82, 2.24) is 0 Å². The number of rotatable bonds is 7. The molecule has 0 atom stereocenters. The van der Waals surface area contributed by atoms with E-state index in [1.165, 1.54) is 5.56 Å². The van der Waals surface area contributed by atoms with Gasteiger partial charge in [0.2, 0.25) is 0 Å². The second-order valence-electron chi connectivity index (χ2n) is 4.81. The number of aryl methyl sites for hydroxylation is 1. The number of hydrogen-bond acceptors (Lipinski definition) is 4. The molecule has 0 bridgehead atoms. The SMILES string of the molecule is CCOc1ccc(/C=N/Nc2ccc(C)cc2)cc1OCC. The van der Waals surface area contributed by atoms with Crippen LogP contribution in [0.1, 0.15) is 25.0 Å². The van der Waals surface area contributed by atoms with Crippen molar-refractivity contribution in [1.29, 1.82) is 0 Å². The van der Waals surface area contributed by atoms with E-state index >= 15 is 0 Å². The summed E-state index contributed by atoms with van der Waals surface area (Å²) >= 11 is 0. The van der Waals surface area contributed by atoms with Crippen LogP contribution in [0, 0.1) is 6.92 Å². The molecule has 22 heavy (non-hydrogen) atoms. The first-order valence-corrected chi connectivity index (χ1v) is 7.48. The fourth-order valence-corrected chi connectivity index (χ4v) is 1.96. The molecule has 116 valence electrons. The van der Waals surface area contributed by atoms with Gasteiger partial charge in [-0.3, -0.25) is 5.43 Å². The van der Waals surface area contributed by atoms with Gasteiger partial charge in [0, 0.05) is 0 Å². The van der Waals surface area contributed by atoms with Gasteiger partial charge in [0.1, 0.15) is 0 Å². The van der Waals surface area contributed by atoms with Crippen molar-refractivity contribution < 1.29 is 9.47 Å². The molecule has 0 saturated carbocycles. The normalized spacial score (nSPS) is 10.7. The number of hydrazone groups is 1. The average Bonchev–Trinajstić information content (AvgIpc) is 2.52. The lowest BCUT2D eigenvalue weighted by Gasteiger charge is -2.11. The van der Waals surface area contributed by atoms with Crippen LogP contribution in [0.4, 0.5) is 5.69 Å². The van der Waals surface area contributed by atoms with Crippen molar-refractivity contribution in [2.24, 2.45) is 5.10 Å². The van der Waals surface area contributed by atoms with E-state index in [4.69, 9.17) is 9.47 Å². The topological polar surface area (TPSA) is 42.8 Å². The number of ether oxygens (including phenoxy) is 2. The van der Waals surface area contributed by atoms with Crippen molar-refractivity contribution in [3.8, 4) is 11.5 Å². The molecule has 2 aromatic rings. The predicted molar refractivity (Wildman–Crippen MR) is 91.2 cm³/mol. The van der Waals surface area contributed by atoms with E-state index in [1.54, 1.807) is 6.21 Å². The van der Waals surface area contributed by atoms with Crippen LogP contribution in [-0.2, 0) is 0 Å². The molecule has 2 rings (SSSR count). The third-order valence-corrected chi connectivity index (χ3v) is 3.03. The maximum Gasteiger partial charge on any atom is 0.161 e. The molecule has 0 saturated heterocycles. The third-order valence-electron chi connectivity index (χ3n) is 3.03. The number of anilines is 1. The number of hydrogen-bond donors (Lipinski definition) is 1. The van der Waals surface area contributed by atoms with Gasteiger partial charge in [-0.2, -0.15) is 5.10 Å². The van der Waals surface area contributed by atoms with Gasteiger partial charge < -0.3 is 9.47 Å². The molecule has 4 heteroatoms. The highest BCUT2D eigenvalue weighted by Gasteiger charge is 2.04. The lowest BCUT2D eigenvalue weighted by Crippen LogP contribution is -1.99. The van der Waals surface area contributed by atoms with Crippen LogP contribution in [0.2, 0.25) is 0 Å². The van der Waals surface area contributed by atoms with Gasteiger partial charge >= 0.3 is 0 Å². The Morgan fingerprint density at radius 2 is 1.64 bits per heavy atom. The second kappa shape index (κ2) is 8.08. The largest absolute Gasteiger partial charge is 0.490 e. The molecule has 0 aromatic heterocycles.